The first-order valence-electron chi connectivity index (χ1n) is 6.81. The second-order valence-electron chi connectivity index (χ2n) is 6.78. The monoisotopic (exact) mass is 246 g/mol. The summed E-state index contributed by atoms with van der Waals surface area (Å²) in [6, 6.07) is 9.68. The Hall–Kier alpha value is -0.860. The van der Waals surface area contributed by atoms with Gasteiger partial charge < -0.3 is 10.2 Å². The second kappa shape index (κ2) is 3.37. The molecule has 0 heterocycles. The van der Waals surface area contributed by atoms with Gasteiger partial charge in [0, 0.05) is 5.41 Å². The van der Waals surface area contributed by atoms with E-state index < -0.39 is 11.7 Å². The van der Waals surface area contributed by atoms with Crippen molar-refractivity contribution in [2.24, 2.45) is 16.7 Å². The summed E-state index contributed by atoms with van der Waals surface area (Å²) in [7, 11) is 0. The largest absolute Gasteiger partial charge is 0.389 e. The first-order valence-corrected chi connectivity index (χ1v) is 6.81. The first kappa shape index (κ1) is 12.2. The molecule has 2 heteroatoms. The summed E-state index contributed by atoms with van der Waals surface area (Å²) in [5.74, 6) is 0.188. The van der Waals surface area contributed by atoms with Gasteiger partial charge in [-0.15, -0.1) is 0 Å². The highest BCUT2D eigenvalue weighted by Crippen LogP contribution is 2.72. The van der Waals surface area contributed by atoms with Crippen LogP contribution in [0.4, 0.5) is 0 Å². The Morgan fingerprint density at radius 3 is 2.22 bits per heavy atom. The third-order valence-electron chi connectivity index (χ3n) is 6.17. The maximum Gasteiger partial charge on any atom is 0.121 e. The van der Waals surface area contributed by atoms with Gasteiger partial charge in [-0.3, -0.25) is 0 Å². The fourth-order valence-electron chi connectivity index (χ4n) is 4.57. The molecule has 2 N–H and O–H groups in total. The molecular weight excluding hydrogens is 224 g/mol. The number of aliphatic hydroxyl groups is 2. The summed E-state index contributed by atoms with van der Waals surface area (Å²) in [6.07, 6.45) is 1.33. The Kier molecular flexibility index (Phi) is 2.28. The number of fused-ring (bicyclic) bond motifs is 2. The van der Waals surface area contributed by atoms with Gasteiger partial charge >= 0.3 is 0 Å². The van der Waals surface area contributed by atoms with E-state index in [9.17, 15) is 10.2 Å². The van der Waals surface area contributed by atoms with Crippen LogP contribution in [0, 0.1) is 16.7 Å². The SMILES string of the molecule is CC1(C)[C@H]2CC[C@@]1(C)[C@](O)(c1ccccc1)[C@H]2O. The van der Waals surface area contributed by atoms with E-state index in [2.05, 4.69) is 20.8 Å². The Morgan fingerprint density at radius 2 is 1.72 bits per heavy atom. The van der Waals surface area contributed by atoms with Crippen molar-refractivity contribution in [3.8, 4) is 0 Å². The normalized spacial score (nSPS) is 45.4. The molecule has 0 unspecified atom stereocenters. The minimum Gasteiger partial charge on any atom is -0.389 e. The van der Waals surface area contributed by atoms with E-state index in [1.165, 1.54) is 0 Å². The fourth-order valence-corrected chi connectivity index (χ4v) is 4.57. The summed E-state index contributed by atoms with van der Waals surface area (Å²) < 4.78 is 0. The highest BCUT2D eigenvalue weighted by molar-refractivity contribution is 5.34. The van der Waals surface area contributed by atoms with E-state index >= 15 is 0 Å². The van der Waals surface area contributed by atoms with Crippen LogP contribution in [0.25, 0.3) is 0 Å². The van der Waals surface area contributed by atoms with Crippen LogP contribution in [-0.2, 0) is 5.60 Å². The third kappa shape index (κ3) is 1.07. The zero-order valence-electron chi connectivity index (χ0n) is 11.4. The van der Waals surface area contributed by atoms with Crippen LogP contribution >= 0.6 is 0 Å². The number of aliphatic hydroxyl groups excluding tert-OH is 1. The zero-order chi connectivity index (χ0) is 13.2. The molecule has 0 amide bonds. The van der Waals surface area contributed by atoms with E-state index in [0.717, 1.165) is 18.4 Å². The van der Waals surface area contributed by atoms with Gasteiger partial charge in [-0.25, -0.2) is 0 Å². The molecular formula is C16H22O2. The van der Waals surface area contributed by atoms with Gasteiger partial charge in [0.05, 0.1) is 6.10 Å². The fraction of sp³-hybridized carbons (Fsp3) is 0.625. The van der Waals surface area contributed by atoms with Gasteiger partial charge in [0.15, 0.2) is 0 Å². The smallest absolute Gasteiger partial charge is 0.121 e. The Balaban J connectivity index is 2.19. The molecule has 1 aromatic rings. The molecule has 0 aliphatic heterocycles. The van der Waals surface area contributed by atoms with Crippen molar-refractivity contribution in [2.75, 3.05) is 0 Å². The quantitative estimate of drug-likeness (QED) is 0.800. The molecule has 2 nitrogen and oxygen atoms in total. The van der Waals surface area contributed by atoms with Crippen molar-refractivity contribution < 1.29 is 10.2 Å². The van der Waals surface area contributed by atoms with Crippen molar-refractivity contribution in [1.29, 1.82) is 0 Å². The number of rotatable bonds is 1. The lowest BCUT2D eigenvalue weighted by Crippen LogP contribution is -2.50. The van der Waals surface area contributed by atoms with Crippen LogP contribution in [0.1, 0.15) is 39.2 Å². The van der Waals surface area contributed by atoms with Gasteiger partial charge in [0.1, 0.15) is 5.60 Å². The lowest BCUT2D eigenvalue weighted by atomic mass is 9.62. The van der Waals surface area contributed by atoms with E-state index in [0.29, 0.717) is 0 Å². The number of hydrogen-bond donors (Lipinski definition) is 2. The van der Waals surface area contributed by atoms with Crippen molar-refractivity contribution in [3.63, 3.8) is 0 Å². The van der Waals surface area contributed by atoms with E-state index in [1.807, 2.05) is 30.3 Å². The van der Waals surface area contributed by atoms with E-state index in [1.54, 1.807) is 0 Å². The van der Waals surface area contributed by atoms with Crippen LogP contribution in [0.15, 0.2) is 30.3 Å². The predicted octanol–water partition coefficient (Wildman–Crippen LogP) is 2.69. The molecule has 0 saturated heterocycles. The highest BCUT2D eigenvalue weighted by Gasteiger charge is 2.73. The molecule has 0 radical (unpaired) electrons. The third-order valence-corrected chi connectivity index (χ3v) is 6.17. The van der Waals surface area contributed by atoms with E-state index in [-0.39, 0.29) is 16.7 Å². The lowest BCUT2D eigenvalue weighted by Gasteiger charge is -2.46. The summed E-state index contributed by atoms with van der Waals surface area (Å²) in [5.41, 5.74) is -0.543. The van der Waals surface area contributed by atoms with Gasteiger partial charge in [-0.2, -0.15) is 0 Å². The number of hydrogen-bond acceptors (Lipinski definition) is 2. The second-order valence-corrected chi connectivity index (χ2v) is 6.78. The highest BCUT2D eigenvalue weighted by atomic mass is 16.3. The molecule has 2 saturated carbocycles. The van der Waals surface area contributed by atoms with Gasteiger partial charge in [-0.05, 0) is 29.7 Å². The maximum atomic E-state index is 11.3. The van der Waals surface area contributed by atoms with Crippen LogP contribution in [0.5, 0.6) is 0 Å². The Bertz CT molecular complexity index is 467. The predicted molar refractivity (Wildman–Crippen MR) is 71.0 cm³/mol. The molecule has 0 aromatic heterocycles. The molecule has 2 fully saturated rings. The minimum absolute atomic E-state index is 0.0307. The molecule has 2 aliphatic rings. The molecule has 4 atom stereocenters. The molecule has 18 heavy (non-hydrogen) atoms. The van der Waals surface area contributed by atoms with Gasteiger partial charge in [0.25, 0.3) is 0 Å². The average Bonchev–Trinajstić information content (AvgIpc) is 2.65. The van der Waals surface area contributed by atoms with Crippen molar-refractivity contribution in [2.45, 2.75) is 45.3 Å². The van der Waals surface area contributed by atoms with Crippen molar-refractivity contribution in [3.05, 3.63) is 35.9 Å². The van der Waals surface area contributed by atoms with Crippen LogP contribution in [-0.4, -0.2) is 16.3 Å². The topological polar surface area (TPSA) is 40.5 Å². The van der Waals surface area contributed by atoms with Crippen LogP contribution < -0.4 is 0 Å². The van der Waals surface area contributed by atoms with Crippen molar-refractivity contribution >= 4 is 0 Å². The summed E-state index contributed by atoms with van der Waals surface area (Å²) >= 11 is 0. The standard InChI is InChI=1S/C16H22O2/c1-14(2)12-9-10-15(14,3)16(18,13(12)17)11-7-5-4-6-8-11/h4-8,12-13,17-18H,9-10H2,1-3H3/t12-,13-,15+,16-/m0/s1. The Labute approximate surface area is 109 Å². The molecule has 0 spiro atoms. The molecule has 1 aromatic carbocycles. The first-order chi connectivity index (χ1) is 8.36. The van der Waals surface area contributed by atoms with Crippen LogP contribution in [0.3, 0.4) is 0 Å². The zero-order valence-corrected chi connectivity index (χ0v) is 11.4. The van der Waals surface area contributed by atoms with Crippen LogP contribution in [0.2, 0.25) is 0 Å². The average molecular weight is 246 g/mol. The molecule has 2 bridgehead atoms. The lowest BCUT2D eigenvalue weighted by molar-refractivity contribution is -0.154. The maximum absolute atomic E-state index is 11.3. The summed E-state index contributed by atoms with van der Waals surface area (Å²) in [6.45, 7) is 6.51. The Morgan fingerprint density at radius 1 is 1.11 bits per heavy atom. The minimum atomic E-state index is -1.11. The van der Waals surface area contributed by atoms with Gasteiger partial charge in [0.2, 0.25) is 0 Å². The molecule has 2 aliphatic carbocycles. The number of benzene rings is 1. The van der Waals surface area contributed by atoms with Crippen molar-refractivity contribution in [1.82, 2.24) is 0 Å². The van der Waals surface area contributed by atoms with E-state index in [4.69, 9.17) is 0 Å². The molecule has 3 rings (SSSR count). The summed E-state index contributed by atoms with van der Waals surface area (Å²) in [4.78, 5) is 0. The van der Waals surface area contributed by atoms with Gasteiger partial charge in [-0.1, -0.05) is 51.1 Å². The summed E-state index contributed by atoms with van der Waals surface area (Å²) in [5, 5.41) is 21.9. The molecule has 98 valence electrons.